The van der Waals surface area contributed by atoms with Crippen LogP contribution in [-0.2, 0) is 22.0 Å². The molecule has 0 bridgehead atoms. The van der Waals surface area contributed by atoms with Crippen molar-refractivity contribution in [2.75, 3.05) is 19.8 Å². The number of carbonyl (C=O) groups excluding carboxylic acids is 1. The normalized spacial score (nSPS) is 12.9. The summed E-state index contributed by atoms with van der Waals surface area (Å²) in [5.74, 6) is -4.87. The third-order valence-corrected chi connectivity index (χ3v) is 17.9. The van der Waals surface area contributed by atoms with Crippen molar-refractivity contribution < 1.29 is 46.5 Å². The molecule has 0 aliphatic heterocycles. The molecule has 0 saturated carbocycles. The molecule has 0 unspecified atom stereocenters. The summed E-state index contributed by atoms with van der Waals surface area (Å²) in [5, 5.41) is 19.2. The Hall–Kier alpha value is -5.32. The molecule has 370 valence electrons. The van der Waals surface area contributed by atoms with E-state index < -0.39 is 66.0 Å². The maximum atomic E-state index is 15.5. The SMILES string of the molecule is CC(C)[C@H](CO)n1cc(C(=O)O)c(=O)c2cc(Cc3cccc(Cl)c3F)c(F)cc21.CCOC(=O)c1cn([C@@H](CO[Si](C)(C)C(C)(C)C)C(C)C)c2cc(F)c(Cc3cccc(Cl)c3F)cc2c1=O. The largest absolute Gasteiger partial charge is 0.477 e. The van der Waals surface area contributed by atoms with Crippen LogP contribution < -0.4 is 10.9 Å². The van der Waals surface area contributed by atoms with E-state index in [9.17, 15) is 42.6 Å². The first-order valence-corrected chi connectivity index (χ1v) is 26.2. The third kappa shape index (κ3) is 12.0. The molecule has 0 aliphatic carbocycles. The second kappa shape index (κ2) is 22.2. The highest BCUT2D eigenvalue weighted by Gasteiger charge is 2.38. The van der Waals surface area contributed by atoms with Crippen LogP contribution in [0.3, 0.4) is 0 Å². The Morgan fingerprint density at radius 2 is 1.14 bits per heavy atom. The van der Waals surface area contributed by atoms with E-state index in [4.69, 9.17) is 32.4 Å². The highest BCUT2D eigenvalue weighted by atomic mass is 35.5. The van der Waals surface area contributed by atoms with E-state index in [1.54, 1.807) is 17.6 Å². The van der Waals surface area contributed by atoms with E-state index in [0.717, 1.165) is 12.3 Å². The van der Waals surface area contributed by atoms with Crippen molar-refractivity contribution in [3.8, 4) is 0 Å². The maximum Gasteiger partial charge on any atom is 0.343 e. The molecule has 0 fully saturated rings. The number of aromatic carboxylic acids is 1. The van der Waals surface area contributed by atoms with Gasteiger partial charge in [0.15, 0.2) is 8.32 Å². The molecular formula is C52H58Cl2F4N2O8Si. The minimum Gasteiger partial charge on any atom is -0.477 e. The smallest absolute Gasteiger partial charge is 0.343 e. The van der Waals surface area contributed by atoms with Gasteiger partial charge in [0.25, 0.3) is 0 Å². The number of aliphatic hydroxyl groups excluding tert-OH is 1. The zero-order valence-corrected chi connectivity index (χ0v) is 42.8. The van der Waals surface area contributed by atoms with E-state index in [1.165, 1.54) is 59.3 Å². The summed E-state index contributed by atoms with van der Waals surface area (Å²) in [6.45, 7) is 20.2. The molecule has 0 spiro atoms. The monoisotopic (exact) mass is 1010 g/mol. The summed E-state index contributed by atoms with van der Waals surface area (Å²) < 4.78 is 74.2. The van der Waals surface area contributed by atoms with Crippen molar-refractivity contribution in [1.29, 1.82) is 0 Å². The first-order valence-electron chi connectivity index (χ1n) is 22.5. The van der Waals surface area contributed by atoms with Crippen LogP contribution >= 0.6 is 23.2 Å². The summed E-state index contributed by atoms with van der Waals surface area (Å²) in [6, 6.07) is 13.1. The molecule has 6 aromatic rings. The Kier molecular flexibility index (Phi) is 17.6. The van der Waals surface area contributed by atoms with E-state index in [-0.39, 0.29) is 103 Å². The molecule has 6 rings (SSSR count). The Balaban J connectivity index is 0.000000266. The number of fused-ring (bicyclic) bond motifs is 2. The number of aromatic nitrogens is 2. The van der Waals surface area contributed by atoms with Crippen LogP contribution in [-0.4, -0.2) is 59.4 Å². The van der Waals surface area contributed by atoms with Crippen molar-refractivity contribution in [2.45, 2.75) is 98.4 Å². The molecule has 2 N–H and O–H groups in total. The molecule has 0 amide bonds. The lowest BCUT2D eigenvalue weighted by Gasteiger charge is -2.38. The highest BCUT2D eigenvalue weighted by molar-refractivity contribution is 6.74. The van der Waals surface area contributed by atoms with Crippen molar-refractivity contribution in [3.63, 3.8) is 0 Å². The molecule has 69 heavy (non-hydrogen) atoms. The summed E-state index contributed by atoms with van der Waals surface area (Å²) in [6.07, 6.45) is 2.31. The van der Waals surface area contributed by atoms with Crippen LogP contribution in [0.5, 0.6) is 0 Å². The number of aliphatic hydroxyl groups is 1. The van der Waals surface area contributed by atoms with Gasteiger partial charge in [-0.05, 0) is 95.5 Å². The summed E-state index contributed by atoms with van der Waals surface area (Å²) in [5.41, 5.74) is -1.00. The molecule has 0 saturated heterocycles. The summed E-state index contributed by atoms with van der Waals surface area (Å²) in [7, 11) is -2.13. The molecule has 2 atom stereocenters. The minimum absolute atomic E-state index is 0.0205. The van der Waals surface area contributed by atoms with Gasteiger partial charge in [-0.3, -0.25) is 9.59 Å². The number of hydrogen-bond donors (Lipinski definition) is 2. The molecule has 0 aliphatic rings. The first-order chi connectivity index (χ1) is 32.2. The van der Waals surface area contributed by atoms with Crippen molar-refractivity contribution in [2.24, 2.45) is 11.8 Å². The van der Waals surface area contributed by atoms with Gasteiger partial charge in [-0.2, -0.15) is 0 Å². The molecular weight excluding hydrogens is 956 g/mol. The van der Waals surface area contributed by atoms with E-state index in [1.807, 2.05) is 27.7 Å². The second-order valence-corrected chi connectivity index (χ2v) is 24.8. The van der Waals surface area contributed by atoms with Crippen LogP contribution in [0.1, 0.15) is 110 Å². The average Bonchev–Trinajstić information content (AvgIpc) is 3.26. The van der Waals surface area contributed by atoms with Crippen LogP contribution in [0.15, 0.2) is 82.6 Å². The lowest BCUT2D eigenvalue weighted by molar-refractivity contribution is 0.0522. The maximum absolute atomic E-state index is 15.5. The second-order valence-electron chi connectivity index (χ2n) is 19.2. The highest BCUT2D eigenvalue weighted by Crippen LogP contribution is 2.38. The van der Waals surface area contributed by atoms with Gasteiger partial charge in [-0.25, -0.2) is 27.2 Å². The fourth-order valence-electron chi connectivity index (χ4n) is 7.66. The van der Waals surface area contributed by atoms with Gasteiger partial charge < -0.3 is 28.5 Å². The Morgan fingerprint density at radius 1 is 0.710 bits per heavy atom. The molecule has 17 heteroatoms. The lowest BCUT2D eigenvalue weighted by Crippen LogP contribution is -2.42. The number of esters is 1. The predicted molar refractivity (Wildman–Crippen MR) is 266 cm³/mol. The van der Waals surface area contributed by atoms with E-state index in [2.05, 4.69) is 33.9 Å². The van der Waals surface area contributed by atoms with Crippen molar-refractivity contribution in [1.82, 2.24) is 9.13 Å². The number of ether oxygens (including phenoxy) is 1. The van der Waals surface area contributed by atoms with Crippen molar-refractivity contribution >= 4 is 65.3 Å². The average molecular weight is 1010 g/mol. The number of pyridine rings is 2. The number of carbonyl (C=O) groups is 2. The summed E-state index contributed by atoms with van der Waals surface area (Å²) >= 11 is 11.7. The van der Waals surface area contributed by atoms with Crippen LogP contribution in [0.25, 0.3) is 21.8 Å². The first kappa shape index (κ1) is 54.6. The quantitative estimate of drug-likeness (QED) is 0.0589. The van der Waals surface area contributed by atoms with Gasteiger partial charge in [-0.15, -0.1) is 0 Å². The van der Waals surface area contributed by atoms with Crippen LogP contribution in [0.2, 0.25) is 28.2 Å². The number of rotatable bonds is 15. The number of carboxylic acids is 1. The fraction of sp³-hybridized carbons (Fsp3) is 0.385. The van der Waals surface area contributed by atoms with E-state index >= 15 is 4.39 Å². The van der Waals surface area contributed by atoms with Gasteiger partial charge in [-0.1, -0.05) is 95.9 Å². The predicted octanol–water partition coefficient (Wildman–Crippen LogP) is 12.3. The Morgan fingerprint density at radius 3 is 1.55 bits per heavy atom. The number of benzene rings is 4. The van der Waals surface area contributed by atoms with Gasteiger partial charge in [0.05, 0.1) is 53.0 Å². The van der Waals surface area contributed by atoms with E-state index in [0.29, 0.717) is 12.1 Å². The zero-order chi connectivity index (χ0) is 51.4. The Labute approximate surface area is 409 Å². The number of carboxylic acid groups (broad SMARTS) is 1. The Bertz CT molecular complexity index is 3020. The standard InChI is InChI=1S/C30H38ClF2NO4Si.C22H20ClF2NO4/c1-9-37-29(36)22-16-34(26(18(2)3)17-38-39(7,8)30(4,5)6)25-15-24(32)20(14-21(25)28(22)35)13-19-11-10-12-23(31)27(19)33;1-11(2)19(10-27)26-9-15(22(29)30)21(28)14-7-13(17(24)8-18(14)26)6-12-4-3-5-16(23)20(12)25/h10-12,14-16,18,26H,9,13,17H2,1-8H3;3-5,7-9,11,19,27H,6,10H2,1-2H3,(H,29,30)/t26-;19-/m00/s1. The lowest BCUT2D eigenvalue weighted by atomic mass is 9.99. The fourth-order valence-corrected chi connectivity index (χ4v) is 9.07. The van der Waals surface area contributed by atoms with Crippen LogP contribution in [0, 0.1) is 35.1 Å². The molecule has 2 heterocycles. The number of nitrogens with zero attached hydrogens (tertiary/aromatic N) is 2. The third-order valence-electron chi connectivity index (χ3n) is 12.8. The van der Waals surface area contributed by atoms with Gasteiger partial charge in [0.2, 0.25) is 10.9 Å². The molecule has 10 nitrogen and oxygen atoms in total. The molecule has 4 aromatic carbocycles. The van der Waals surface area contributed by atoms with Crippen molar-refractivity contribution in [3.05, 3.63) is 160 Å². The molecule has 0 radical (unpaired) electrons. The minimum atomic E-state index is -2.13. The number of hydrogen-bond acceptors (Lipinski definition) is 7. The molecule has 2 aromatic heterocycles. The van der Waals surface area contributed by atoms with Gasteiger partial charge >= 0.3 is 11.9 Å². The topological polar surface area (TPSA) is 137 Å². The van der Waals surface area contributed by atoms with Gasteiger partial charge in [0, 0.05) is 36.0 Å². The summed E-state index contributed by atoms with van der Waals surface area (Å²) in [4.78, 5) is 50.7. The zero-order valence-electron chi connectivity index (χ0n) is 40.3. The van der Waals surface area contributed by atoms with Gasteiger partial charge in [0.1, 0.15) is 34.4 Å². The number of halogens is 6. The van der Waals surface area contributed by atoms with Crippen LogP contribution in [0.4, 0.5) is 17.6 Å².